The van der Waals surface area contributed by atoms with Crippen LogP contribution in [-0.2, 0) is 0 Å². The van der Waals surface area contributed by atoms with Crippen LogP contribution in [0.2, 0.25) is 0 Å². The Kier molecular flexibility index (Phi) is 5.66. The minimum absolute atomic E-state index is 0.102. The van der Waals surface area contributed by atoms with Crippen LogP contribution in [0.3, 0.4) is 0 Å². The number of nitrogens with one attached hydrogen (secondary N) is 2. The molecule has 0 aromatic carbocycles. The molecule has 1 aromatic heterocycles. The van der Waals surface area contributed by atoms with Gasteiger partial charge in [-0.2, -0.15) is 4.98 Å². The maximum Gasteiger partial charge on any atom is 0.329 e. The summed E-state index contributed by atoms with van der Waals surface area (Å²) in [6.07, 6.45) is 1.22. The number of hydrogen-bond acceptors (Lipinski definition) is 6. The first kappa shape index (κ1) is 16.1. The van der Waals surface area contributed by atoms with E-state index in [1.807, 2.05) is 0 Å². The third-order valence-corrected chi connectivity index (χ3v) is 3.41. The second-order valence-corrected chi connectivity index (χ2v) is 5.47. The summed E-state index contributed by atoms with van der Waals surface area (Å²) in [5.41, 5.74) is -0.102. The maximum atomic E-state index is 11.0. The summed E-state index contributed by atoms with van der Waals surface area (Å²) in [5.74, 6) is 2.03. The number of hydrogen-bond donors (Lipinski definition) is 2. The summed E-state index contributed by atoms with van der Waals surface area (Å²) in [5, 5.41) is 16.9. The molecule has 1 aromatic rings. The molecule has 0 aliphatic rings. The van der Waals surface area contributed by atoms with Crippen molar-refractivity contribution in [1.29, 1.82) is 0 Å². The Hall–Kier alpha value is -1.92. The van der Waals surface area contributed by atoms with Gasteiger partial charge >= 0.3 is 5.69 Å². The second-order valence-electron chi connectivity index (χ2n) is 5.47. The van der Waals surface area contributed by atoms with Gasteiger partial charge in [-0.05, 0) is 17.8 Å². The average molecular weight is 281 g/mol. The zero-order chi connectivity index (χ0) is 15.3. The van der Waals surface area contributed by atoms with Crippen LogP contribution in [0.4, 0.5) is 17.5 Å². The van der Waals surface area contributed by atoms with E-state index in [0.717, 1.165) is 0 Å². The molecule has 0 spiro atoms. The molecule has 7 heteroatoms. The monoisotopic (exact) mass is 281 g/mol. The lowest BCUT2D eigenvalue weighted by molar-refractivity contribution is -0.384. The van der Waals surface area contributed by atoms with Crippen molar-refractivity contribution in [3.63, 3.8) is 0 Å². The van der Waals surface area contributed by atoms with E-state index in [2.05, 4.69) is 48.3 Å². The molecule has 0 aliphatic heterocycles. The number of aromatic nitrogens is 2. The number of nitro groups is 1. The number of anilines is 2. The molecule has 112 valence electrons. The third-order valence-electron chi connectivity index (χ3n) is 3.41. The standard InChI is InChI=1S/C13H23N5O2/c1-8(2)10(9(3)4)6-15-12-11(18(19)20)7-16-13(14-5)17-12/h7-10H,6H2,1-5H3,(H2,14,15,16,17). The van der Waals surface area contributed by atoms with Crippen LogP contribution in [0.5, 0.6) is 0 Å². The lowest BCUT2D eigenvalue weighted by atomic mass is 9.85. The van der Waals surface area contributed by atoms with Crippen LogP contribution in [0.1, 0.15) is 27.7 Å². The molecule has 0 amide bonds. The first-order chi connectivity index (χ1) is 9.36. The predicted octanol–water partition coefficient (Wildman–Crippen LogP) is 2.77. The minimum Gasteiger partial charge on any atom is -0.364 e. The fourth-order valence-corrected chi connectivity index (χ4v) is 2.22. The maximum absolute atomic E-state index is 11.0. The van der Waals surface area contributed by atoms with Crippen LogP contribution < -0.4 is 10.6 Å². The molecular weight excluding hydrogens is 258 g/mol. The van der Waals surface area contributed by atoms with E-state index in [4.69, 9.17) is 0 Å². The minimum atomic E-state index is -0.471. The molecule has 2 N–H and O–H groups in total. The Bertz CT molecular complexity index is 454. The highest BCUT2D eigenvalue weighted by atomic mass is 16.6. The van der Waals surface area contributed by atoms with Gasteiger partial charge in [-0.25, -0.2) is 4.98 Å². The van der Waals surface area contributed by atoms with E-state index in [-0.39, 0.29) is 11.5 Å². The molecule has 20 heavy (non-hydrogen) atoms. The van der Waals surface area contributed by atoms with Gasteiger partial charge in [0.2, 0.25) is 11.8 Å². The van der Waals surface area contributed by atoms with Crippen LogP contribution in [-0.4, -0.2) is 28.5 Å². The van der Waals surface area contributed by atoms with Gasteiger partial charge in [0.05, 0.1) is 4.92 Å². The van der Waals surface area contributed by atoms with E-state index < -0.39 is 4.92 Å². The van der Waals surface area contributed by atoms with Crippen LogP contribution in [0.15, 0.2) is 6.20 Å². The normalized spacial score (nSPS) is 11.2. The highest BCUT2D eigenvalue weighted by Crippen LogP contribution is 2.25. The van der Waals surface area contributed by atoms with Gasteiger partial charge in [0, 0.05) is 13.6 Å². The Morgan fingerprint density at radius 2 is 1.90 bits per heavy atom. The van der Waals surface area contributed by atoms with Crippen LogP contribution in [0.25, 0.3) is 0 Å². The Morgan fingerprint density at radius 3 is 2.35 bits per heavy atom. The van der Waals surface area contributed by atoms with Gasteiger partial charge < -0.3 is 10.6 Å². The molecule has 0 saturated carbocycles. The highest BCUT2D eigenvalue weighted by molar-refractivity contribution is 5.56. The molecule has 0 saturated heterocycles. The summed E-state index contributed by atoms with van der Waals surface area (Å²) in [6, 6.07) is 0. The van der Waals surface area contributed by atoms with Gasteiger partial charge in [-0.1, -0.05) is 27.7 Å². The molecule has 0 unspecified atom stereocenters. The van der Waals surface area contributed by atoms with Crippen molar-refractivity contribution in [2.75, 3.05) is 24.2 Å². The smallest absolute Gasteiger partial charge is 0.329 e. The summed E-state index contributed by atoms with van der Waals surface area (Å²) < 4.78 is 0. The number of nitrogens with zero attached hydrogens (tertiary/aromatic N) is 3. The van der Waals surface area contributed by atoms with E-state index >= 15 is 0 Å². The molecule has 0 aliphatic carbocycles. The third kappa shape index (κ3) is 4.04. The molecule has 0 radical (unpaired) electrons. The predicted molar refractivity (Wildman–Crippen MR) is 79.9 cm³/mol. The zero-order valence-corrected chi connectivity index (χ0v) is 12.7. The first-order valence-electron chi connectivity index (χ1n) is 6.79. The summed E-state index contributed by atoms with van der Waals surface area (Å²) in [7, 11) is 1.68. The van der Waals surface area contributed by atoms with Gasteiger partial charge in [0.1, 0.15) is 6.20 Å². The fourth-order valence-electron chi connectivity index (χ4n) is 2.22. The van der Waals surface area contributed by atoms with Gasteiger partial charge in [0.25, 0.3) is 0 Å². The van der Waals surface area contributed by atoms with E-state index in [1.54, 1.807) is 7.05 Å². The van der Waals surface area contributed by atoms with Crippen molar-refractivity contribution in [2.45, 2.75) is 27.7 Å². The van der Waals surface area contributed by atoms with Crippen molar-refractivity contribution in [3.05, 3.63) is 16.3 Å². The lowest BCUT2D eigenvalue weighted by Crippen LogP contribution is -2.25. The van der Waals surface area contributed by atoms with Crippen molar-refractivity contribution in [3.8, 4) is 0 Å². The molecular formula is C13H23N5O2. The summed E-state index contributed by atoms with van der Waals surface area (Å²) in [4.78, 5) is 18.5. The van der Waals surface area contributed by atoms with E-state index in [1.165, 1.54) is 6.20 Å². The quantitative estimate of drug-likeness (QED) is 0.589. The lowest BCUT2D eigenvalue weighted by Gasteiger charge is -2.25. The summed E-state index contributed by atoms with van der Waals surface area (Å²) in [6.45, 7) is 9.26. The van der Waals surface area contributed by atoms with Crippen molar-refractivity contribution in [2.24, 2.45) is 17.8 Å². The van der Waals surface area contributed by atoms with Gasteiger partial charge in [-0.15, -0.1) is 0 Å². The van der Waals surface area contributed by atoms with Gasteiger partial charge in [0.15, 0.2) is 0 Å². The highest BCUT2D eigenvalue weighted by Gasteiger charge is 2.21. The van der Waals surface area contributed by atoms with Crippen molar-refractivity contribution >= 4 is 17.5 Å². The second kappa shape index (κ2) is 7.02. The van der Waals surface area contributed by atoms with E-state index in [9.17, 15) is 10.1 Å². The Morgan fingerprint density at radius 1 is 1.30 bits per heavy atom. The molecule has 1 heterocycles. The summed E-state index contributed by atoms with van der Waals surface area (Å²) >= 11 is 0. The van der Waals surface area contributed by atoms with Crippen molar-refractivity contribution in [1.82, 2.24) is 9.97 Å². The average Bonchev–Trinajstić information content (AvgIpc) is 2.37. The van der Waals surface area contributed by atoms with Crippen molar-refractivity contribution < 1.29 is 4.92 Å². The Balaban J connectivity index is 2.92. The molecule has 0 bridgehead atoms. The molecule has 1 rings (SSSR count). The topological polar surface area (TPSA) is 93.0 Å². The Labute approximate surface area is 119 Å². The fraction of sp³-hybridized carbons (Fsp3) is 0.692. The zero-order valence-electron chi connectivity index (χ0n) is 12.7. The van der Waals surface area contributed by atoms with Crippen LogP contribution >= 0.6 is 0 Å². The molecule has 0 fully saturated rings. The molecule has 0 atom stereocenters. The van der Waals surface area contributed by atoms with E-state index in [0.29, 0.717) is 30.2 Å². The largest absolute Gasteiger partial charge is 0.364 e. The first-order valence-corrected chi connectivity index (χ1v) is 6.79. The van der Waals surface area contributed by atoms with Crippen LogP contribution in [0, 0.1) is 27.9 Å². The van der Waals surface area contributed by atoms with Gasteiger partial charge in [-0.3, -0.25) is 10.1 Å². The number of rotatable bonds is 7. The SMILES string of the molecule is CNc1ncc([N+](=O)[O-])c(NCC(C(C)C)C(C)C)n1. The molecule has 7 nitrogen and oxygen atoms in total.